The van der Waals surface area contributed by atoms with Crippen LogP contribution < -0.4 is 0 Å². The molecule has 160 valence electrons. The molecule has 1 aliphatic heterocycles. The molecule has 5 nitrogen and oxygen atoms in total. The van der Waals surface area contributed by atoms with Crippen LogP contribution in [-0.2, 0) is 4.79 Å². The van der Waals surface area contributed by atoms with Gasteiger partial charge >= 0.3 is 5.97 Å². The lowest BCUT2D eigenvalue weighted by molar-refractivity contribution is -0.137. The minimum Gasteiger partial charge on any atom is -0.481 e. The molecule has 1 fully saturated rings. The smallest absolute Gasteiger partial charge is 0.303 e. The highest BCUT2D eigenvalue weighted by atomic mass is 16.4. The second kappa shape index (κ2) is 9.31. The van der Waals surface area contributed by atoms with Gasteiger partial charge in [0.1, 0.15) is 0 Å². The van der Waals surface area contributed by atoms with Crippen LogP contribution in [0.4, 0.5) is 0 Å². The molecule has 1 aliphatic rings. The Balaban J connectivity index is 1.48. The molecular weight excluding hydrogens is 388 g/mol. The summed E-state index contributed by atoms with van der Waals surface area (Å²) in [6, 6.07) is 22.2. The third-order valence-corrected chi connectivity index (χ3v) is 6.16. The fraction of sp³-hybridized carbons (Fsp3) is 0.308. The van der Waals surface area contributed by atoms with Crippen LogP contribution in [0.15, 0.2) is 66.7 Å². The number of piperazine rings is 1. The molecule has 31 heavy (non-hydrogen) atoms. The number of benzene rings is 3. The van der Waals surface area contributed by atoms with Crippen LogP contribution in [0.2, 0.25) is 0 Å². The first kappa shape index (κ1) is 21.1. The zero-order chi connectivity index (χ0) is 21.8. The summed E-state index contributed by atoms with van der Waals surface area (Å²) in [5, 5.41) is 11.3. The summed E-state index contributed by atoms with van der Waals surface area (Å²) in [5.74, 6) is -0.712. The van der Waals surface area contributed by atoms with Crippen molar-refractivity contribution in [1.82, 2.24) is 9.80 Å². The number of carbonyl (C=O) groups is 2. The lowest BCUT2D eigenvalue weighted by Gasteiger charge is -2.39. The molecule has 1 heterocycles. The van der Waals surface area contributed by atoms with Crippen molar-refractivity contribution in [2.75, 3.05) is 26.2 Å². The highest BCUT2D eigenvalue weighted by molar-refractivity contribution is 6.07. The van der Waals surface area contributed by atoms with E-state index in [0.717, 1.165) is 35.0 Å². The molecule has 3 aromatic rings. The SMILES string of the molecule is Cc1ccc([C@@H](CCC(=O)O)N2CCN(C(=O)c3cccc4ccccc34)CC2)cc1. The molecule has 0 radical (unpaired) electrons. The number of fused-ring (bicyclic) bond motifs is 1. The molecule has 0 saturated carbocycles. The van der Waals surface area contributed by atoms with E-state index in [1.807, 2.05) is 54.3 Å². The Morgan fingerprint density at radius 2 is 1.58 bits per heavy atom. The van der Waals surface area contributed by atoms with Crippen molar-refractivity contribution in [1.29, 1.82) is 0 Å². The lowest BCUT2D eigenvalue weighted by Crippen LogP contribution is -2.49. The molecule has 1 amide bonds. The average Bonchev–Trinajstić information content (AvgIpc) is 2.80. The van der Waals surface area contributed by atoms with Crippen LogP contribution in [0.5, 0.6) is 0 Å². The van der Waals surface area contributed by atoms with Gasteiger partial charge in [0.05, 0.1) is 0 Å². The van der Waals surface area contributed by atoms with Crippen molar-refractivity contribution in [3.63, 3.8) is 0 Å². The first-order valence-electron chi connectivity index (χ1n) is 10.8. The average molecular weight is 417 g/mol. The number of carboxylic acid groups (broad SMARTS) is 1. The van der Waals surface area contributed by atoms with Crippen LogP contribution in [0, 0.1) is 6.92 Å². The number of carboxylic acids is 1. The molecule has 0 aromatic heterocycles. The number of amides is 1. The summed E-state index contributed by atoms with van der Waals surface area (Å²) >= 11 is 0. The number of aliphatic carboxylic acids is 1. The Labute approximate surface area is 182 Å². The predicted molar refractivity (Wildman–Crippen MR) is 122 cm³/mol. The lowest BCUT2D eigenvalue weighted by atomic mass is 9.98. The Hall–Kier alpha value is -3.18. The Morgan fingerprint density at radius 1 is 0.903 bits per heavy atom. The van der Waals surface area contributed by atoms with Crippen molar-refractivity contribution in [3.8, 4) is 0 Å². The maximum atomic E-state index is 13.2. The van der Waals surface area contributed by atoms with Crippen LogP contribution in [-0.4, -0.2) is 53.0 Å². The van der Waals surface area contributed by atoms with E-state index in [1.54, 1.807) is 0 Å². The van der Waals surface area contributed by atoms with Crippen LogP contribution >= 0.6 is 0 Å². The molecular formula is C26H28N2O3. The highest BCUT2D eigenvalue weighted by Crippen LogP contribution is 2.28. The van der Waals surface area contributed by atoms with E-state index in [1.165, 1.54) is 5.56 Å². The van der Waals surface area contributed by atoms with Crippen molar-refractivity contribution in [3.05, 3.63) is 83.4 Å². The van der Waals surface area contributed by atoms with Crippen molar-refractivity contribution < 1.29 is 14.7 Å². The van der Waals surface area contributed by atoms with E-state index >= 15 is 0 Å². The van der Waals surface area contributed by atoms with E-state index in [-0.39, 0.29) is 18.4 Å². The quantitative estimate of drug-likeness (QED) is 0.642. The maximum Gasteiger partial charge on any atom is 0.303 e. The van der Waals surface area contributed by atoms with Gasteiger partial charge in [-0.2, -0.15) is 0 Å². The molecule has 5 heteroatoms. The highest BCUT2D eigenvalue weighted by Gasteiger charge is 2.28. The van der Waals surface area contributed by atoms with E-state index in [0.29, 0.717) is 19.5 Å². The molecule has 1 saturated heterocycles. The van der Waals surface area contributed by atoms with E-state index in [4.69, 9.17) is 0 Å². The summed E-state index contributed by atoms with van der Waals surface area (Å²) in [4.78, 5) is 28.7. The summed E-state index contributed by atoms with van der Waals surface area (Å²) in [6.07, 6.45) is 0.698. The molecule has 0 bridgehead atoms. The zero-order valence-electron chi connectivity index (χ0n) is 17.8. The molecule has 0 spiro atoms. The maximum absolute atomic E-state index is 13.2. The van der Waals surface area contributed by atoms with E-state index < -0.39 is 5.97 Å². The summed E-state index contributed by atoms with van der Waals surface area (Å²) in [6.45, 7) is 4.78. The minimum absolute atomic E-state index is 0.0477. The molecule has 1 atom stereocenters. The normalized spacial score (nSPS) is 15.7. The third kappa shape index (κ3) is 4.78. The molecule has 3 aromatic carbocycles. The summed E-state index contributed by atoms with van der Waals surface area (Å²) in [7, 11) is 0. The van der Waals surface area contributed by atoms with Crippen LogP contribution in [0.3, 0.4) is 0 Å². The molecule has 4 rings (SSSR count). The first-order valence-corrected chi connectivity index (χ1v) is 10.8. The van der Waals surface area contributed by atoms with Gasteiger partial charge in [-0.1, -0.05) is 66.2 Å². The summed E-state index contributed by atoms with van der Waals surface area (Å²) in [5.41, 5.74) is 3.07. The van der Waals surface area contributed by atoms with Gasteiger partial charge in [0.15, 0.2) is 0 Å². The van der Waals surface area contributed by atoms with Gasteiger partial charge < -0.3 is 10.0 Å². The Morgan fingerprint density at radius 3 is 2.29 bits per heavy atom. The molecule has 0 aliphatic carbocycles. The van der Waals surface area contributed by atoms with Gasteiger partial charge in [0.25, 0.3) is 5.91 Å². The van der Waals surface area contributed by atoms with Gasteiger partial charge in [-0.15, -0.1) is 0 Å². The second-order valence-corrected chi connectivity index (χ2v) is 8.21. The van der Waals surface area contributed by atoms with Gasteiger partial charge in [0.2, 0.25) is 0 Å². The van der Waals surface area contributed by atoms with Crippen molar-refractivity contribution >= 4 is 22.6 Å². The minimum atomic E-state index is -0.776. The summed E-state index contributed by atoms with van der Waals surface area (Å²) < 4.78 is 0. The fourth-order valence-corrected chi connectivity index (χ4v) is 4.43. The number of hydrogen-bond acceptors (Lipinski definition) is 3. The third-order valence-electron chi connectivity index (χ3n) is 6.16. The number of carbonyl (C=O) groups excluding carboxylic acids is 1. The van der Waals surface area contributed by atoms with Crippen LogP contribution in [0.25, 0.3) is 10.8 Å². The number of nitrogens with zero attached hydrogens (tertiary/aromatic N) is 2. The van der Waals surface area contributed by atoms with Crippen LogP contribution in [0.1, 0.15) is 40.4 Å². The first-order chi connectivity index (χ1) is 15.0. The van der Waals surface area contributed by atoms with E-state index in [2.05, 4.69) is 29.2 Å². The van der Waals surface area contributed by atoms with Gasteiger partial charge in [0, 0.05) is 44.2 Å². The Kier molecular flexibility index (Phi) is 6.33. The monoisotopic (exact) mass is 416 g/mol. The predicted octanol–water partition coefficient (Wildman–Crippen LogP) is 4.51. The number of rotatable bonds is 6. The fourth-order valence-electron chi connectivity index (χ4n) is 4.43. The van der Waals surface area contributed by atoms with Gasteiger partial charge in [-0.05, 0) is 35.7 Å². The van der Waals surface area contributed by atoms with Gasteiger partial charge in [-0.3, -0.25) is 14.5 Å². The Bertz CT molecular complexity index is 1060. The number of hydrogen-bond donors (Lipinski definition) is 1. The van der Waals surface area contributed by atoms with Crippen molar-refractivity contribution in [2.45, 2.75) is 25.8 Å². The zero-order valence-corrected chi connectivity index (χ0v) is 17.8. The molecule has 0 unspecified atom stereocenters. The standard InChI is InChI=1S/C26H28N2O3/c1-19-9-11-21(12-10-19)24(13-14-25(29)30)27-15-17-28(18-16-27)26(31)23-8-4-6-20-5-2-3-7-22(20)23/h2-12,24H,13-18H2,1H3,(H,29,30)/t24-/m1/s1. The topological polar surface area (TPSA) is 60.9 Å². The van der Waals surface area contributed by atoms with E-state index in [9.17, 15) is 14.7 Å². The molecule has 1 N–H and O–H groups in total. The van der Waals surface area contributed by atoms with Gasteiger partial charge in [-0.25, -0.2) is 0 Å². The van der Waals surface area contributed by atoms with Crippen molar-refractivity contribution in [2.24, 2.45) is 0 Å². The largest absolute Gasteiger partial charge is 0.481 e. The second-order valence-electron chi connectivity index (χ2n) is 8.21. The number of aryl methyl sites for hydroxylation is 1.